The number of rotatable bonds is 3. The summed E-state index contributed by atoms with van der Waals surface area (Å²) >= 11 is 7.61. The number of thiophene rings is 1. The van der Waals surface area contributed by atoms with Crippen molar-refractivity contribution >= 4 is 22.9 Å². The van der Waals surface area contributed by atoms with Gasteiger partial charge in [0.1, 0.15) is 4.88 Å². The molecule has 2 rings (SSSR count). The van der Waals surface area contributed by atoms with E-state index in [1.807, 2.05) is 19.2 Å². The minimum absolute atomic E-state index is 0.183. The highest BCUT2D eigenvalue weighted by atomic mass is 35.5. The Kier molecular flexibility index (Phi) is 3.28. The maximum absolute atomic E-state index is 6.12. The van der Waals surface area contributed by atoms with E-state index in [2.05, 4.69) is 10.1 Å². The molecule has 16 heavy (non-hydrogen) atoms. The van der Waals surface area contributed by atoms with Crippen LogP contribution >= 0.6 is 22.9 Å². The summed E-state index contributed by atoms with van der Waals surface area (Å²) in [4.78, 5) is 5.06. The van der Waals surface area contributed by atoms with Gasteiger partial charge in [0.2, 0.25) is 0 Å². The molecular weight excluding hydrogens is 246 g/mol. The second-order valence-electron chi connectivity index (χ2n) is 3.53. The highest BCUT2D eigenvalue weighted by Gasteiger charge is 2.17. The SMILES string of the molecule is CCC(N)c1noc(-c2scc(C)c2Cl)n1. The Morgan fingerprint density at radius 1 is 1.62 bits per heavy atom. The van der Waals surface area contributed by atoms with Crippen LogP contribution < -0.4 is 5.73 Å². The van der Waals surface area contributed by atoms with Crippen molar-refractivity contribution in [3.8, 4) is 10.8 Å². The van der Waals surface area contributed by atoms with Crippen LogP contribution in [-0.4, -0.2) is 10.1 Å². The first kappa shape index (κ1) is 11.6. The number of hydrogen-bond donors (Lipinski definition) is 1. The van der Waals surface area contributed by atoms with Gasteiger partial charge in [-0.15, -0.1) is 11.3 Å². The third kappa shape index (κ3) is 1.98. The molecule has 6 heteroatoms. The molecule has 2 aromatic rings. The van der Waals surface area contributed by atoms with Crippen molar-refractivity contribution in [2.24, 2.45) is 5.73 Å². The molecule has 4 nitrogen and oxygen atoms in total. The van der Waals surface area contributed by atoms with E-state index in [9.17, 15) is 0 Å². The van der Waals surface area contributed by atoms with Gasteiger partial charge in [-0.1, -0.05) is 23.7 Å². The average Bonchev–Trinajstić information content (AvgIpc) is 2.87. The molecule has 0 radical (unpaired) electrons. The van der Waals surface area contributed by atoms with Crippen LogP contribution in [0.25, 0.3) is 10.8 Å². The van der Waals surface area contributed by atoms with Gasteiger partial charge in [0.15, 0.2) is 5.82 Å². The fourth-order valence-electron chi connectivity index (χ4n) is 1.23. The molecule has 0 aromatic carbocycles. The highest BCUT2D eigenvalue weighted by molar-refractivity contribution is 7.14. The molecule has 0 bridgehead atoms. The lowest BCUT2D eigenvalue weighted by atomic mass is 10.2. The van der Waals surface area contributed by atoms with E-state index in [1.165, 1.54) is 11.3 Å². The van der Waals surface area contributed by atoms with E-state index in [1.54, 1.807) is 0 Å². The molecule has 0 fully saturated rings. The molecule has 0 spiro atoms. The van der Waals surface area contributed by atoms with Crippen molar-refractivity contribution in [3.05, 3.63) is 21.8 Å². The summed E-state index contributed by atoms with van der Waals surface area (Å²) in [6.07, 6.45) is 0.774. The van der Waals surface area contributed by atoms with Gasteiger partial charge in [0.25, 0.3) is 5.89 Å². The molecule has 0 saturated heterocycles. The quantitative estimate of drug-likeness (QED) is 0.917. The molecule has 2 aromatic heterocycles. The first-order chi connectivity index (χ1) is 7.63. The van der Waals surface area contributed by atoms with E-state index in [0.29, 0.717) is 16.7 Å². The van der Waals surface area contributed by atoms with E-state index >= 15 is 0 Å². The van der Waals surface area contributed by atoms with Crippen molar-refractivity contribution in [2.75, 3.05) is 0 Å². The fourth-order valence-corrected chi connectivity index (χ4v) is 2.43. The van der Waals surface area contributed by atoms with Crippen LogP contribution in [0.3, 0.4) is 0 Å². The average molecular weight is 258 g/mol. The lowest BCUT2D eigenvalue weighted by molar-refractivity contribution is 0.416. The van der Waals surface area contributed by atoms with Crippen LogP contribution in [0.2, 0.25) is 5.02 Å². The van der Waals surface area contributed by atoms with Gasteiger partial charge in [0.05, 0.1) is 11.1 Å². The number of hydrogen-bond acceptors (Lipinski definition) is 5. The first-order valence-electron chi connectivity index (χ1n) is 4.96. The third-order valence-electron chi connectivity index (χ3n) is 2.31. The number of halogens is 1. The van der Waals surface area contributed by atoms with Crippen molar-refractivity contribution in [3.63, 3.8) is 0 Å². The zero-order chi connectivity index (χ0) is 11.7. The van der Waals surface area contributed by atoms with Gasteiger partial charge in [-0.3, -0.25) is 0 Å². The zero-order valence-electron chi connectivity index (χ0n) is 9.03. The monoisotopic (exact) mass is 257 g/mol. The topological polar surface area (TPSA) is 64.9 Å². The van der Waals surface area contributed by atoms with E-state index in [0.717, 1.165) is 16.9 Å². The molecule has 0 amide bonds. The highest BCUT2D eigenvalue weighted by Crippen LogP contribution is 2.35. The summed E-state index contributed by atoms with van der Waals surface area (Å²) in [6.45, 7) is 3.92. The summed E-state index contributed by atoms with van der Waals surface area (Å²) in [5.41, 5.74) is 6.83. The van der Waals surface area contributed by atoms with Gasteiger partial charge in [0, 0.05) is 0 Å². The summed E-state index contributed by atoms with van der Waals surface area (Å²) in [6, 6.07) is -0.183. The molecule has 2 heterocycles. The smallest absolute Gasteiger partial charge is 0.269 e. The molecule has 86 valence electrons. The van der Waals surface area contributed by atoms with Gasteiger partial charge < -0.3 is 10.3 Å². The zero-order valence-corrected chi connectivity index (χ0v) is 10.6. The predicted molar refractivity (Wildman–Crippen MR) is 64.6 cm³/mol. The summed E-state index contributed by atoms with van der Waals surface area (Å²) < 4.78 is 5.15. The summed E-state index contributed by atoms with van der Waals surface area (Å²) in [5, 5.41) is 6.48. The summed E-state index contributed by atoms with van der Waals surface area (Å²) in [5.74, 6) is 0.974. The lowest BCUT2D eigenvalue weighted by Gasteiger charge is -1.99. The Morgan fingerprint density at radius 3 is 2.94 bits per heavy atom. The minimum Gasteiger partial charge on any atom is -0.333 e. The van der Waals surface area contributed by atoms with E-state index in [4.69, 9.17) is 21.9 Å². The Morgan fingerprint density at radius 2 is 2.38 bits per heavy atom. The maximum atomic E-state index is 6.12. The Labute approximate surface area is 102 Å². The van der Waals surface area contributed by atoms with Crippen LogP contribution in [-0.2, 0) is 0 Å². The second-order valence-corrected chi connectivity index (χ2v) is 4.79. The molecule has 1 atom stereocenters. The van der Waals surface area contributed by atoms with Gasteiger partial charge >= 0.3 is 0 Å². The summed E-state index contributed by atoms with van der Waals surface area (Å²) in [7, 11) is 0. The maximum Gasteiger partial charge on any atom is 0.269 e. The number of aryl methyl sites for hydroxylation is 1. The molecule has 1 unspecified atom stereocenters. The number of nitrogens with zero attached hydrogens (tertiary/aromatic N) is 2. The van der Waals surface area contributed by atoms with Gasteiger partial charge in [-0.25, -0.2) is 0 Å². The second kappa shape index (κ2) is 4.53. The van der Waals surface area contributed by atoms with Gasteiger partial charge in [-0.2, -0.15) is 4.98 Å². The normalized spacial score (nSPS) is 13.0. The third-order valence-corrected chi connectivity index (χ3v) is 3.99. The van der Waals surface area contributed by atoms with Crippen LogP contribution in [0.15, 0.2) is 9.90 Å². The van der Waals surface area contributed by atoms with E-state index < -0.39 is 0 Å². The van der Waals surface area contributed by atoms with E-state index in [-0.39, 0.29) is 6.04 Å². The largest absolute Gasteiger partial charge is 0.333 e. The first-order valence-corrected chi connectivity index (χ1v) is 6.22. The number of nitrogens with two attached hydrogens (primary N) is 1. The van der Waals surface area contributed by atoms with Crippen molar-refractivity contribution in [2.45, 2.75) is 26.3 Å². The molecule has 2 N–H and O–H groups in total. The molecular formula is C10H12ClN3OS. The molecule has 0 aliphatic rings. The predicted octanol–water partition coefficient (Wildman–Crippen LogP) is 3.17. The van der Waals surface area contributed by atoms with Crippen LogP contribution in [0, 0.1) is 6.92 Å². The lowest BCUT2D eigenvalue weighted by Crippen LogP contribution is -2.10. The van der Waals surface area contributed by atoms with Gasteiger partial charge in [-0.05, 0) is 24.3 Å². The molecule has 0 saturated carbocycles. The minimum atomic E-state index is -0.183. The fraction of sp³-hybridized carbons (Fsp3) is 0.400. The van der Waals surface area contributed by atoms with Crippen LogP contribution in [0.1, 0.15) is 30.8 Å². The Bertz CT molecular complexity index is 494. The number of aromatic nitrogens is 2. The molecule has 0 aliphatic heterocycles. The van der Waals surface area contributed by atoms with Crippen LogP contribution in [0.5, 0.6) is 0 Å². The van der Waals surface area contributed by atoms with Crippen molar-refractivity contribution in [1.82, 2.24) is 10.1 Å². The Balaban J connectivity index is 2.35. The standard InChI is InChI=1S/C10H12ClN3OS/c1-3-6(12)9-13-10(15-14-9)8-7(11)5(2)4-16-8/h4,6H,3,12H2,1-2H3. The van der Waals surface area contributed by atoms with Crippen molar-refractivity contribution in [1.29, 1.82) is 0 Å². The Hall–Kier alpha value is -0.910. The molecule has 0 aliphatic carbocycles. The van der Waals surface area contributed by atoms with Crippen LogP contribution in [0.4, 0.5) is 0 Å². The van der Waals surface area contributed by atoms with Crippen molar-refractivity contribution < 1.29 is 4.52 Å².